The maximum atomic E-state index is 12.2. The normalized spacial score (nSPS) is 11.4. The zero-order chi connectivity index (χ0) is 18.2. The molecule has 0 aliphatic rings. The Bertz CT molecular complexity index is 709. The number of carbonyl (C=O) groups is 2. The summed E-state index contributed by atoms with van der Waals surface area (Å²) in [6.07, 6.45) is 0.701. The summed E-state index contributed by atoms with van der Waals surface area (Å²) >= 11 is 0. The number of hydrogen-bond acceptors (Lipinski definition) is 4. The van der Waals surface area contributed by atoms with E-state index in [4.69, 9.17) is 15.2 Å². The van der Waals surface area contributed by atoms with E-state index in [1.807, 2.05) is 18.2 Å². The molecule has 0 fully saturated rings. The van der Waals surface area contributed by atoms with E-state index in [0.29, 0.717) is 23.5 Å². The average molecular weight is 342 g/mol. The number of ether oxygens (including phenoxy) is 2. The van der Waals surface area contributed by atoms with E-state index in [2.05, 4.69) is 5.32 Å². The Hall–Kier alpha value is -3.02. The fraction of sp³-hybridized carbons (Fsp3) is 0.263. The van der Waals surface area contributed by atoms with Gasteiger partial charge in [0.2, 0.25) is 11.8 Å². The van der Waals surface area contributed by atoms with Crippen molar-refractivity contribution >= 4 is 11.8 Å². The van der Waals surface area contributed by atoms with Gasteiger partial charge in [0.25, 0.3) is 0 Å². The van der Waals surface area contributed by atoms with Gasteiger partial charge in [-0.25, -0.2) is 0 Å². The highest BCUT2D eigenvalue weighted by atomic mass is 16.5. The number of methoxy groups -OCH3 is 2. The number of rotatable bonds is 8. The standard InChI is InChI=1S/C19H22N2O4/c1-24-15-10-13(11-16(12-15)25-2)8-9-17(22)21-18(19(20)23)14-6-4-3-5-7-14/h3-7,10-12,18H,8-9H2,1-2H3,(H2,20,23)(H,21,22)/t18-/m1/s1. The Balaban J connectivity index is 2.01. The number of primary amides is 1. The summed E-state index contributed by atoms with van der Waals surface area (Å²) < 4.78 is 10.4. The second-order valence-corrected chi connectivity index (χ2v) is 5.53. The topological polar surface area (TPSA) is 90.6 Å². The van der Waals surface area contributed by atoms with Gasteiger partial charge in [-0.2, -0.15) is 0 Å². The molecule has 6 heteroatoms. The van der Waals surface area contributed by atoms with Crippen LogP contribution in [-0.2, 0) is 16.0 Å². The van der Waals surface area contributed by atoms with Gasteiger partial charge in [0.05, 0.1) is 14.2 Å². The number of hydrogen-bond donors (Lipinski definition) is 2. The average Bonchev–Trinajstić information content (AvgIpc) is 2.64. The molecule has 0 bridgehead atoms. The number of nitrogens with one attached hydrogen (secondary N) is 1. The van der Waals surface area contributed by atoms with Gasteiger partial charge in [-0.1, -0.05) is 30.3 Å². The Morgan fingerprint density at radius 3 is 2.16 bits per heavy atom. The fourth-order valence-corrected chi connectivity index (χ4v) is 2.47. The molecule has 1 atom stereocenters. The Morgan fingerprint density at radius 2 is 1.64 bits per heavy atom. The first kappa shape index (κ1) is 18.3. The van der Waals surface area contributed by atoms with Crippen LogP contribution in [-0.4, -0.2) is 26.0 Å². The van der Waals surface area contributed by atoms with Gasteiger partial charge in [0, 0.05) is 12.5 Å². The van der Waals surface area contributed by atoms with Crippen LogP contribution in [0.2, 0.25) is 0 Å². The van der Waals surface area contributed by atoms with Gasteiger partial charge in [0.1, 0.15) is 17.5 Å². The maximum absolute atomic E-state index is 12.2. The third-order valence-corrected chi connectivity index (χ3v) is 3.77. The zero-order valence-corrected chi connectivity index (χ0v) is 14.3. The van der Waals surface area contributed by atoms with Crippen LogP contribution >= 0.6 is 0 Å². The highest BCUT2D eigenvalue weighted by molar-refractivity contribution is 5.87. The third-order valence-electron chi connectivity index (χ3n) is 3.77. The number of carbonyl (C=O) groups excluding carboxylic acids is 2. The van der Waals surface area contributed by atoms with E-state index in [0.717, 1.165) is 5.56 Å². The zero-order valence-electron chi connectivity index (χ0n) is 14.3. The van der Waals surface area contributed by atoms with Crippen molar-refractivity contribution in [1.82, 2.24) is 5.32 Å². The van der Waals surface area contributed by atoms with Crippen LogP contribution in [0.15, 0.2) is 48.5 Å². The van der Waals surface area contributed by atoms with Gasteiger partial charge >= 0.3 is 0 Å². The van der Waals surface area contributed by atoms with Crippen molar-refractivity contribution in [3.8, 4) is 11.5 Å². The Kier molecular flexibility index (Phi) is 6.39. The van der Waals surface area contributed by atoms with E-state index in [9.17, 15) is 9.59 Å². The van der Waals surface area contributed by atoms with Crippen molar-refractivity contribution < 1.29 is 19.1 Å². The summed E-state index contributed by atoms with van der Waals surface area (Å²) in [4.78, 5) is 23.9. The van der Waals surface area contributed by atoms with E-state index >= 15 is 0 Å². The summed E-state index contributed by atoms with van der Waals surface area (Å²) in [7, 11) is 3.14. The molecule has 3 N–H and O–H groups in total. The second kappa shape index (κ2) is 8.73. The third kappa shape index (κ3) is 5.24. The molecule has 0 unspecified atom stereocenters. The lowest BCUT2D eigenvalue weighted by atomic mass is 10.1. The number of nitrogens with two attached hydrogens (primary N) is 1. The van der Waals surface area contributed by atoms with Crippen LogP contribution in [0.25, 0.3) is 0 Å². The van der Waals surface area contributed by atoms with Crippen molar-refractivity contribution in [2.45, 2.75) is 18.9 Å². The molecule has 2 amide bonds. The SMILES string of the molecule is COc1cc(CCC(=O)N[C@@H](C(N)=O)c2ccccc2)cc(OC)c1. The van der Waals surface area contributed by atoms with E-state index in [-0.39, 0.29) is 12.3 Å². The minimum absolute atomic E-state index is 0.215. The lowest BCUT2D eigenvalue weighted by Crippen LogP contribution is -2.37. The van der Waals surface area contributed by atoms with Crippen molar-refractivity contribution in [3.63, 3.8) is 0 Å². The Morgan fingerprint density at radius 1 is 1.04 bits per heavy atom. The first-order chi connectivity index (χ1) is 12.0. The van der Waals surface area contributed by atoms with Gasteiger partial charge in [0.15, 0.2) is 0 Å². The summed E-state index contributed by atoms with van der Waals surface area (Å²) in [5.74, 6) is 0.472. The van der Waals surface area contributed by atoms with Gasteiger partial charge in [-0.3, -0.25) is 9.59 Å². The molecule has 132 valence electrons. The molecular weight excluding hydrogens is 320 g/mol. The molecule has 2 rings (SSSR count). The number of benzene rings is 2. The summed E-state index contributed by atoms with van der Waals surface area (Å²) in [5.41, 5.74) is 6.98. The molecule has 0 aromatic heterocycles. The number of amides is 2. The minimum Gasteiger partial charge on any atom is -0.497 e. The second-order valence-electron chi connectivity index (χ2n) is 5.53. The van der Waals surface area contributed by atoms with Gasteiger partial charge < -0.3 is 20.5 Å². The van der Waals surface area contributed by atoms with Crippen molar-refractivity contribution in [2.75, 3.05) is 14.2 Å². The van der Waals surface area contributed by atoms with E-state index in [1.54, 1.807) is 44.6 Å². The van der Waals surface area contributed by atoms with Crippen LogP contribution < -0.4 is 20.5 Å². The summed E-state index contributed by atoms with van der Waals surface area (Å²) in [6, 6.07) is 13.5. The molecule has 2 aromatic carbocycles. The maximum Gasteiger partial charge on any atom is 0.244 e. The van der Waals surface area contributed by atoms with Crippen LogP contribution in [0, 0.1) is 0 Å². The molecule has 0 saturated carbocycles. The lowest BCUT2D eigenvalue weighted by molar-refractivity contribution is -0.127. The Labute approximate surface area is 146 Å². The lowest BCUT2D eigenvalue weighted by Gasteiger charge is -2.16. The fourth-order valence-electron chi connectivity index (χ4n) is 2.47. The molecule has 6 nitrogen and oxygen atoms in total. The molecule has 0 aliphatic heterocycles. The molecule has 0 spiro atoms. The quantitative estimate of drug-likeness (QED) is 0.767. The largest absolute Gasteiger partial charge is 0.497 e. The summed E-state index contributed by atoms with van der Waals surface area (Å²) in [6.45, 7) is 0. The predicted molar refractivity (Wildman–Crippen MR) is 94.4 cm³/mol. The molecule has 0 radical (unpaired) electrons. The van der Waals surface area contributed by atoms with Crippen molar-refractivity contribution in [2.24, 2.45) is 5.73 Å². The van der Waals surface area contributed by atoms with E-state index in [1.165, 1.54) is 0 Å². The molecular formula is C19H22N2O4. The first-order valence-corrected chi connectivity index (χ1v) is 7.89. The van der Waals surface area contributed by atoms with Gasteiger partial charge in [-0.15, -0.1) is 0 Å². The summed E-state index contributed by atoms with van der Waals surface area (Å²) in [5, 5.41) is 2.68. The van der Waals surface area contributed by atoms with Gasteiger partial charge in [-0.05, 0) is 29.7 Å². The van der Waals surface area contributed by atoms with Crippen molar-refractivity contribution in [3.05, 3.63) is 59.7 Å². The van der Waals surface area contributed by atoms with Crippen LogP contribution in [0.1, 0.15) is 23.6 Å². The van der Waals surface area contributed by atoms with Crippen molar-refractivity contribution in [1.29, 1.82) is 0 Å². The first-order valence-electron chi connectivity index (χ1n) is 7.89. The van der Waals surface area contributed by atoms with Crippen LogP contribution in [0.5, 0.6) is 11.5 Å². The number of aryl methyl sites for hydroxylation is 1. The highest BCUT2D eigenvalue weighted by Crippen LogP contribution is 2.23. The van der Waals surface area contributed by atoms with E-state index < -0.39 is 11.9 Å². The molecule has 0 heterocycles. The van der Waals surface area contributed by atoms with Crippen LogP contribution in [0.3, 0.4) is 0 Å². The predicted octanol–water partition coefficient (Wildman–Crippen LogP) is 1.98. The minimum atomic E-state index is -0.839. The van der Waals surface area contributed by atoms with Crippen LogP contribution in [0.4, 0.5) is 0 Å². The molecule has 0 aliphatic carbocycles. The highest BCUT2D eigenvalue weighted by Gasteiger charge is 2.19. The molecule has 2 aromatic rings. The monoisotopic (exact) mass is 342 g/mol. The smallest absolute Gasteiger partial charge is 0.244 e. The molecule has 25 heavy (non-hydrogen) atoms. The molecule has 0 saturated heterocycles.